The first-order valence-corrected chi connectivity index (χ1v) is 9.24. The minimum atomic E-state index is -3.49. The van der Waals surface area contributed by atoms with Crippen LogP contribution in [0.3, 0.4) is 0 Å². The van der Waals surface area contributed by atoms with Crippen molar-refractivity contribution in [3.63, 3.8) is 0 Å². The molecule has 6 nitrogen and oxygen atoms in total. The second-order valence-corrected chi connectivity index (χ2v) is 7.88. The van der Waals surface area contributed by atoms with E-state index < -0.39 is 33.4 Å². The van der Waals surface area contributed by atoms with Crippen molar-refractivity contribution in [2.45, 2.75) is 19.8 Å². The molecule has 0 heterocycles. The van der Waals surface area contributed by atoms with Gasteiger partial charge in [0.2, 0.25) is 5.91 Å². The van der Waals surface area contributed by atoms with Crippen molar-refractivity contribution in [1.82, 2.24) is 4.90 Å². The first-order valence-electron chi connectivity index (χ1n) is 7.42. The normalized spacial score (nSPS) is 12.6. The molecule has 0 aliphatic heterocycles. The second-order valence-electron chi connectivity index (χ2n) is 5.69. The fraction of sp³-hybridized carbons (Fsp3) is 0.500. The monoisotopic (exact) mass is 341 g/mol. The van der Waals surface area contributed by atoms with E-state index in [0.717, 1.165) is 10.5 Å². The van der Waals surface area contributed by atoms with Gasteiger partial charge in [-0.15, -0.1) is 0 Å². The number of amides is 1. The molecule has 1 aromatic rings. The smallest absolute Gasteiger partial charge is 0.308 e. The van der Waals surface area contributed by atoms with Crippen LogP contribution in [-0.2, 0) is 25.8 Å². The lowest BCUT2D eigenvalue weighted by atomic mass is 10.1. The Hall–Kier alpha value is -1.89. The van der Waals surface area contributed by atoms with Crippen LogP contribution < -0.4 is 0 Å². The van der Waals surface area contributed by atoms with E-state index in [2.05, 4.69) is 0 Å². The molecular formula is C16H23NO5S. The first-order chi connectivity index (χ1) is 10.7. The van der Waals surface area contributed by atoms with E-state index in [4.69, 9.17) is 5.11 Å². The number of sulfone groups is 1. The van der Waals surface area contributed by atoms with Gasteiger partial charge >= 0.3 is 5.97 Å². The summed E-state index contributed by atoms with van der Waals surface area (Å²) in [7, 11) is -2.07. The molecule has 1 amide bonds. The Labute approximate surface area is 137 Å². The SMILES string of the molecule is CC(CN(C)C(=O)CS(=O)(=O)CCCc1ccccc1)C(=O)O. The average Bonchev–Trinajstić information content (AvgIpc) is 2.47. The summed E-state index contributed by atoms with van der Waals surface area (Å²) in [6.45, 7) is 1.47. The zero-order valence-electron chi connectivity index (χ0n) is 13.4. The van der Waals surface area contributed by atoms with E-state index in [-0.39, 0.29) is 12.3 Å². The third-order valence-corrected chi connectivity index (χ3v) is 5.10. The third-order valence-electron chi connectivity index (χ3n) is 3.50. The number of carboxylic acid groups (broad SMARTS) is 1. The van der Waals surface area contributed by atoms with Gasteiger partial charge in [0.15, 0.2) is 9.84 Å². The number of nitrogens with zero attached hydrogens (tertiary/aromatic N) is 1. The van der Waals surface area contributed by atoms with Crippen LogP contribution in [-0.4, -0.2) is 55.4 Å². The highest BCUT2D eigenvalue weighted by Crippen LogP contribution is 2.06. The molecule has 0 bridgehead atoms. The average molecular weight is 341 g/mol. The summed E-state index contributed by atoms with van der Waals surface area (Å²) in [5, 5.41) is 8.81. The number of carbonyl (C=O) groups excluding carboxylic acids is 1. The van der Waals surface area contributed by atoms with Gasteiger partial charge in [-0.25, -0.2) is 8.42 Å². The van der Waals surface area contributed by atoms with Crippen LogP contribution in [0.1, 0.15) is 18.9 Å². The van der Waals surface area contributed by atoms with Gasteiger partial charge in [-0.3, -0.25) is 9.59 Å². The number of aryl methyl sites for hydroxylation is 1. The maximum Gasteiger partial charge on any atom is 0.308 e. The number of carboxylic acids is 1. The molecule has 1 unspecified atom stereocenters. The number of carbonyl (C=O) groups is 2. The molecule has 1 rings (SSSR count). The minimum absolute atomic E-state index is 0.00625. The Kier molecular flexibility index (Phi) is 7.22. The van der Waals surface area contributed by atoms with E-state index in [1.54, 1.807) is 0 Å². The van der Waals surface area contributed by atoms with Crippen LogP contribution in [0.4, 0.5) is 0 Å². The van der Waals surface area contributed by atoms with E-state index in [0.29, 0.717) is 12.8 Å². The Morgan fingerprint density at radius 1 is 1.22 bits per heavy atom. The number of rotatable bonds is 9. The topological polar surface area (TPSA) is 91.8 Å². The molecule has 1 atom stereocenters. The lowest BCUT2D eigenvalue weighted by Crippen LogP contribution is -2.37. The molecule has 0 aliphatic carbocycles. The summed E-state index contributed by atoms with van der Waals surface area (Å²) >= 11 is 0. The van der Waals surface area contributed by atoms with Gasteiger partial charge < -0.3 is 10.0 Å². The molecule has 1 aromatic carbocycles. The molecular weight excluding hydrogens is 318 g/mol. The van der Waals surface area contributed by atoms with Crippen LogP contribution in [0, 0.1) is 5.92 Å². The summed E-state index contributed by atoms with van der Waals surface area (Å²) in [4.78, 5) is 23.8. The van der Waals surface area contributed by atoms with Crippen molar-refractivity contribution in [3.8, 4) is 0 Å². The minimum Gasteiger partial charge on any atom is -0.481 e. The maximum atomic E-state index is 12.0. The molecule has 0 fully saturated rings. The second kappa shape index (κ2) is 8.67. The van der Waals surface area contributed by atoms with Crippen molar-refractivity contribution in [1.29, 1.82) is 0 Å². The largest absolute Gasteiger partial charge is 0.481 e. The quantitative estimate of drug-likeness (QED) is 0.729. The van der Waals surface area contributed by atoms with Crippen molar-refractivity contribution in [3.05, 3.63) is 35.9 Å². The standard InChI is InChI=1S/C16H23NO5S/c1-13(16(19)20)11-17(2)15(18)12-23(21,22)10-6-9-14-7-4-3-5-8-14/h3-5,7-8,13H,6,9-12H2,1-2H3,(H,19,20). The predicted octanol–water partition coefficient (Wildman–Crippen LogP) is 1.21. The lowest BCUT2D eigenvalue weighted by molar-refractivity contribution is -0.142. The molecule has 0 aromatic heterocycles. The number of hydrogen-bond donors (Lipinski definition) is 1. The van der Waals surface area contributed by atoms with Gasteiger partial charge in [0.1, 0.15) is 5.75 Å². The van der Waals surface area contributed by atoms with Gasteiger partial charge in [0.05, 0.1) is 11.7 Å². The maximum absolute atomic E-state index is 12.0. The van der Waals surface area contributed by atoms with Gasteiger partial charge in [0, 0.05) is 13.6 Å². The van der Waals surface area contributed by atoms with Gasteiger partial charge in [0.25, 0.3) is 0 Å². The van der Waals surface area contributed by atoms with Gasteiger partial charge in [-0.2, -0.15) is 0 Å². The summed E-state index contributed by atoms with van der Waals surface area (Å²) in [6.07, 6.45) is 1.09. The predicted molar refractivity (Wildman–Crippen MR) is 87.9 cm³/mol. The van der Waals surface area contributed by atoms with Gasteiger partial charge in [-0.05, 0) is 18.4 Å². The highest BCUT2D eigenvalue weighted by molar-refractivity contribution is 7.92. The molecule has 0 aliphatic rings. The van der Waals surface area contributed by atoms with Crippen molar-refractivity contribution < 1.29 is 23.1 Å². The third kappa shape index (κ3) is 7.27. The summed E-state index contributed by atoms with van der Waals surface area (Å²) < 4.78 is 24.0. The Morgan fingerprint density at radius 3 is 2.39 bits per heavy atom. The van der Waals surface area contributed by atoms with Crippen LogP contribution in [0.5, 0.6) is 0 Å². The lowest BCUT2D eigenvalue weighted by Gasteiger charge is -2.19. The summed E-state index contributed by atoms with van der Waals surface area (Å²) in [6, 6.07) is 9.54. The van der Waals surface area contributed by atoms with Crippen LogP contribution in [0.25, 0.3) is 0 Å². The molecule has 23 heavy (non-hydrogen) atoms. The molecule has 0 radical (unpaired) electrons. The van der Waals surface area contributed by atoms with E-state index in [1.165, 1.54) is 14.0 Å². The molecule has 0 saturated carbocycles. The van der Waals surface area contributed by atoms with Crippen LogP contribution in [0.2, 0.25) is 0 Å². The van der Waals surface area contributed by atoms with E-state index in [9.17, 15) is 18.0 Å². The fourth-order valence-corrected chi connectivity index (χ4v) is 3.43. The number of benzene rings is 1. The van der Waals surface area contributed by atoms with Gasteiger partial charge in [-0.1, -0.05) is 37.3 Å². The number of aliphatic carboxylic acids is 1. The van der Waals surface area contributed by atoms with Crippen LogP contribution in [0.15, 0.2) is 30.3 Å². The zero-order chi connectivity index (χ0) is 17.5. The fourth-order valence-electron chi connectivity index (χ4n) is 2.10. The zero-order valence-corrected chi connectivity index (χ0v) is 14.3. The first kappa shape index (κ1) is 19.2. The van der Waals surface area contributed by atoms with E-state index >= 15 is 0 Å². The molecule has 0 saturated heterocycles. The van der Waals surface area contributed by atoms with Crippen molar-refractivity contribution in [2.24, 2.45) is 5.92 Å². The van der Waals surface area contributed by atoms with Crippen molar-refractivity contribution >= 4 is 21.7 Å². The molecule has 7 heteroatoms. The van der Waals surface area contributed by atoms with Crippen molar-refractivity contribution in [2.75, 3.05) is 25.1 Å². The Balaban J connectivity index is 2.44. The molecule has 128 valence electrons. The Bertz CT molecular complexity index is 627. The summed E-state index contributed by atoms with van der Waals surface area (Å²) in [5.74, 6) is -2.96. The molecule has 1 N–H and O–H groups in total. The Morgan fingerprint density at radius 2 is 1.83 bits per heavy atom. The number of hydrogen-bond acceptors (Lipinski definition) is 4. The molecule has 0 spiro atoms. The summed E-state index contributed by atoms with van der Waals surface area (Å²) in [5.41, 5.74) is 1.06. The highest BCUT2D eigenvalue weighted by Gasteiger charge is 2.22. The van der Waals surface area contributed by atoms with Crippen LogP contribution >= 0.6 is 0 Å². The highest BCUT2D eigenvalue weighted by atomic mass is 32.2. The van der Waals surface area contributed by atoms with E-state index in [1.807, 2.05) is 30.3 Å².